The van der Waals surface area contributed by atoms with Crippen LogP contribution in [0.1, 0.15) is 11.6 Å². The summed E-state index contributed by atoms with van der Waals surface area (Å²) in [5.74, 6) is -0.338. The molecule has 3 nitrogen and oxygen atoms in total. The van der Waals surface area contributed by atoms with Crippen LogP contribution in [-0.4, -0.2) is 10.2 Å². The van der Waals surface area contributed by atoms with Crippen LogP contribution < -0.4 is 5.73 Å². The summed E-state index contributed by atoms with van der Waals surface area (Å²) in [5.41, 5.74) is 6.05. The minimum Gasteiger partial charge on any atom is -0.504 e. The van der Waals surface area contributed by atoms with E-state index >= 15 is 0 Å². The minimum atomic E-state index is -0.447. The Bertz CT molecular complexity index is 297. The normalized spacial score (nSPS) is 12.4. The lowest BCUT2D eigenvalue weighted by atomic mass is 10.1. The number of rotatable bonds is 2. The molecule has 12 heavy (non-hydrogen) atoms. The Morgan fingerprint density at radius 1 is 1.42 bits per heavy atom. The van der Waals surface area contributed by atoms with Crippen molar-refractivity contribution in [1.29, 1.82) is 0 Å². The van der Waals surface area contributed by atoms with E-state index in [1.165, 1.54) is 12.1 Å². The second-order valence-corrected chi connectivity index (χ2v) is 2.48. The molecule has 0 heterocycles. The SMILES string of the molecule is C=CC(N)c1cccc(O)c1O. The molecule has 1 aromatic carbocycles. The summed E-state index contributed by atoms with van der Waals surface area (Å²) in [6.07, 6.45) is 1.49. The van der Waals surface area contributed by atoms with Gasteiger partial charge in [0.25, 0.3) is 0 Å². The molecule has 1 unspecified atom stereocenters. The molecule has 0 saturated heterocycles. The number of para-hydroxylation sites is 1. The first-order chi connectivity index (χ1) is 5.66. The summed E-state index contributed by atoms with van der Waals surface area (Å²) in [6.45, 7) is 3.49. The average molecular weight is 165 g/mol. The van der Waals surface area contributed by atoms with Gasteiger partial charge in [0, 0.05) is 5.56 Å². The van der Waals surface area contributed by atoms with Gasteiger partial charge in [-0.2, -0.15) is 0 Å². The van der Waals surface area contributed by atoms with E-state index in [0.717, 1.165) is 0 Å². The third kappa shape index (κ3) is 1.40. The van der Waals surface area contributed by atoms with Gasteiger partial charge in [0.15, 0.2) is 11.5 Å². The van der Waals surface area contributed by atoms with Gasteiger partial charge >= 0.3 is 0 Å². The number of hydrogen-bond acceptors (Lipinski definition) is 3. The van der Waals surface area contributed by atoms with Crippen LogP contribution in [-0.2, 0) is 0 Å². The highest BCUT2D eigenvalue weighted by Gasteiger charge is 2.09. The average Bonchev–Trinajstić information content (AvgIpc) is 2.08. The largest absolute Gasteiger partial charge is 0.504 e. The van der Waals surface area contributed by atoms with E-state index in [1.54, 1.807) is 12.1 Å². The molecule has 0 aliphatic rings. The standard InChI is InChI=1S/C9H11NO2/c1-2-7(10)6-4-3-5-8(11)9(6)12/h2-5,7,11-12H,1,10H2. The predicted molar refractivity (Wildman–Crippen MR) is 46.9 cm³/mol. The first-order valence-corrected chi connectivity index (χ1v) is 3.55. The maximum Gasteiger partial charge on any atom is 0.162 e. The highest BCUT2D eigenvalue weighted by atomic mass is 16.3. The van der Waals surface area contributed by atoms with Crippen molar-refractivity contribution in [2.45, 2.75) is 6.04 Å². The molecule has 0 aromatic heterocycles. The zero-order chi connectivity index (χ0) is 9.14. The molecule has 3 heteroatoms. The molecular weight excluding hydrogens is 154 g/mol. The molecule has 0 aliphatic carbocycles. The van der Waals surface area contributed by atoms with Gasteiger partial charge in [-0.25, -0.2) is 0 Å². The van der Waals surface area contributed by atoms with Crippen LogP contribution in [0.5, 0.6) is 11.5 Å². The first-order valence-electron chi connectivity index (χ1n) is 3.55. The fraction of sp³-hybridized carbons (Fsp3) is 0.111. The Morgan fingerprint density at radius 3 is 2.67 bits per heavy atom. The molecule has 64 valence electrons. The Morgan fingerprint density at radius 2 is 2.08 bits per heavy atom. The van der Waals surface area contributed by atoms with Gasteiger partial charge < -0.3 is 15.9 Å². The molecule has 0 fully saturated rings. The summed E-state index contributed by atoms with van der Waals surface area (Å²) < 4.78 is 0. The lowest BCUT2D eigenvalue weighted by Crippen LogP contribution is -2.06. The smallest absolute Gasteiger partial charge is 0.162 e. The predicted octanol–water partition coefficient (Wildman–Crippen LogP) is 1.28. The van der Waals surface area contributed by atoms with E-state index in [9.17, 15) is 5.11 Å². The van der Waals surface area contributed by atoms with Gasteiger partial charge in [0.1, 0.15) is 0 Å². The molecule has 1 aromatic rings. The molecule has 4 N–H and O–H groups in total. The Labute approximate surface area is 70.8 Å². The lowest BCUT2D eigenvalue weighted by molar-refractivity contribution is 0.398. The van der Waals surface area contributed by atoms with Crippen molar-refractivity contribution in [1.82, 2.24) is 0 Å². The first kappa shape index (κ1) is 8.62. The summed E-state index contributed by atoms with van der Waals surface area (Å²) in [6, 6.07) is 4.21. The van der Waals surface area contributed by atoms with Gasteiger partial charge in [-0.1, -0.05) is 18.2 Å². The maximum atomic E-state index is 9.32. The summed E-state index contributed by atoms with van der Waals surface area (Å²) >= 11 is 0. The van der Waals surface area contributed by atoms with Crippen molar-refractivity contribution in [2.24, 2.45) is 5.73 Å². The van der Waals surface area contributed by atoms with Crippen LogP contribution in [0.3, 0.4) is 0 Å². The molecular formula is C9H11NO2. The second-order valence-electron chi connectivity index (χ2n) is 2.48. The van der Waals surface area contributed by atoms with E-state index in [2.05, 4.69) is 6.58 Å². The van der Waals surface area contributed by atoms with Crippen molar-refractivity contribution in [3.8, 4) is 11.5 Å². The highest BCUT2D eigenvalue weighted by Crippen LogP contribution is 2.31. The van der Waals surface area contributed by atoms with E-state index in [4.69, 9.17) is 10.8 Å². The minimum absolute atomic E-state index is 0.162. The third-order valence-electron chi connectivity index (χ3n) is 1.66. The topological polar surface area (TPSA) is 66.5 Å². The van der Waals surface area contributed by atoms with Crippen LogP contribution in [0.25, 0.3) is 0 Å². The Kier molecular flexibility index (Phi) is 2.35. The van der Waals surface area contributed by atoms with Gasteiger partial charge in [-0.15, -0.1) is 6.58 Å². The number of phenols is 2. The molecule has 0 saturated carbocycles. The molecule has 1 atom stereocenters. The van der Waals surface area contributed by atoms with Gasteiger partial charge in [-0.05, 0) is 6.07 Å². The monoisotopic (exact) mass is 165 g/mol. The summed E-state index contributed by atoms with van der Waals surface area (Å²) in [5, 5.41) is 18.4. The van der Waals surface area contributed by atoms with E-state index in [0.29, 0.717) is 5.56 Å². The number of nitrogens with two attached hydrogens (primary N) is 1. The summed E-state index contributed by atoms with van der Waals surface area (Å²) in [4.78, 5) is 0. The fourth-order valence-corrected chi connectivity index (χ4v) is 0.945. The van der Waals surface area contributed by atoms with Gasteiger partial charge in [-0.3, -0.25) is 0 Å². The zero-order valence-corrected chi connectivity index (χ0v) is 6.57. The van der Waals surface area contributed by atoms with Crippen LogP contribution >= 0.6 is 0 Å². The summed E-state index contributed by atoms with van der Waals surface area (Å²) in [7, 11) is 0. The Balaban J connectivity index is 3.15. The molecule has 0 bridgehead atoms. The number of aromatic hydroxyl groups is 2. The number of hydrogen-bond donors (Lipinski definition) is 3. The van der Waals surface area contributed by atoms with Crippen LogP contribution in [0, 0.1) is 0 Å². The number of benzene rings is 1. The van der Waals surface area contributed by atoms with E-state index < -0.39 is 6.04 Å². The van der Waals surface area contributed by atoms with Gasteiger partial charge in [0.2, 0.25) is 0 Å². The molecule has 0 amide bonds. The van der Waals surface area contributed by atoms with Crippen molar-refractivity contribution < 1.29 is 10.2 Å². The molecule has 0 radical (unpaired) electrons. The highest BCUT2D eigenvalue weighted by molar-refractivity contribution is 5.46. The molecule has 1 rings (SSSR count). The fourth-order valence-electron chi connectivity index (χ4n) is 0.945. The van der Waals surface area contributed by atoms with Crippen molar-refractivity contribution in [2.75, 3.05) is 0 Å². The second kappa shape index (κ2) is 3.28. The van der Waals surface area contributed by atoms with Crippen molar-refractivity contribution >= 4 is 0 Å². The van der Waals surface area contributed by atoms with Crippen LogP contribution in [0.4, 0.5) is 0 Å². The lowest BCUT2D eigenvalue weighted by Gasteiger charge is -2.09. The zero-order valence-electron chi connectivity index (χ0n) is 6.57. The molecule has 0 aliphatic heterocycles. The van der Waals surface area contributed by atoms with Crippen molar-refractivity contribution in [3.63, 3.8) is 0 Å². The van der Waals surface area contributed by atoms with Crippen LogP contribution in [0.15, 0.2) is 30.9 Å². The van der Waals surface area contributed by atoms with Crippen molar-refractivity contribution in [3.05, 3.63) is 36.4 Å². The Hall–Kier alpha value is -1.48. The van der Waals surface area contributed by atoms with Gasteiger partial charge in [0.05, 0.1) is 6.04 Å². The van der Waals surface area contributed by atoms with E-state index in [-0.39, 0.29) is 11.5 Å². The van der Waals surface area contributed by atoms with Crippen LogP contribution in [0.2, 0.25) is 0 Å². The number of phenolic OH excluding ortho intramolecular Hbond substituents is 2. The molecule has 0 spiro atoms. The van der Waals surface area contributed by atoms with E-state index in [1.807, 2.05) is 0 Å². The third-order valence-corrected chi connectivity index (χ3v) is 1.66. The maximum absolute atomic E-state index is 9.32. The quantitative estimate of drug-likeness (QED) is 0.457.